The van der Waals surface area contributed by atoms with E-state index in [4.69, 9.17) is 18.6 Å². The van der Waals surface area contributed by atoms with Crippen molar-refractivity contribution < 1.29 is 12.4 Å². The molecule has 2 aliphatic rings. The Kier molecular flexibility index (Phi) is 10.4. The van der Waals surface area contributed by atoms with Gasteiger partial charge in [-0.05, 0) is 0 Å². The van der Waals surface area contributed by atoms with Gasteiger partial charge in [-0.25, -0.2) is 0 Å². The second-order valence-electron chi connectivity index (χ2n) is 15.0. The normalized spacial score (nSPS) is 19.5. The van der Waals surface area contributed by atoms with Gasteiger partial charge in [0.25, 0.3) is 0 Å². The molecular formula is C38H57Cl2SiTi. The molecule has 2 atom stereocenters. The van der Waals surface area contributed by atoms with Crippen LogP contribution in [0.2, 0.25) is 13.1 Å². The molecule has 0 fully saturated rings. The zero-order valence-corrected chi connectivity index (χ0v) is 32.8. The third-order valence-electron chi connectivity index (χ3n) is 10.4. The number of hydrogen-bond acceptors (Lipinski definition) is 0. The quantitative estimate of drug-likeness (QED) is 0.211. The fraction of sp³-hybridized carbons (Fsp3) is 0.579. The first-order valence-corrected chi connectivity index (χ1v) is 28.6. The monoisotopic (exact) mass is 659 g/mol. The number of rotatable bonds is 11. The van der Waals surface area contributed by atoms with Crippen LogP contribution in [0.25, 0.3) is 12.2 Å². The molecule has 0 spiro atoms. The van der Waals surface area contributed by atoms with E-state index in [2.05, 4.69) is 119 Å². The van der Waals surface area contributed by atoms with Gasteiger partial charge in [-0.1, -0.05) is 0 Å². The Morgan fingerprint density at radius 2 is 0.976 bits per heavy atom. The first-order chi connectivity index (χ1) is 19.6. The third kappa shape index (κ3) is 5.66. The van der Waals surface area contributed by atoms with Gasteiger partial charge in [0.1, 0.15) is 0 Å². The summed E-state index contributed by atoms with van der Waals surface area (Å²) in [5.41, 5.74) is 14.7. The van der Waals surface area contributed by atoms with Crippen LogP contribution in [0.5, 0.6) is 0 Å². The molecule has 2 unspecified atom stereocenters. The van der Waals surface area contributed by atoms with Gasteiger partial charge in [-0.2, -0.15) is 0 Å². The van der Waals surface area contributed by atoms with E-state index >= 15 is 0 Å². The van der Waals surface area contributed by atoms with E-state index in [1.807, 2.05) is 0 Å². The average Bonchev–Trinajstić information content (AvgIpc) is 3.46. The van der Waals surface area contributed by atoms with Gasteiger partial charge < -0.3 is 0 Å². The minimum absolute atomic E-state index is 0.171. The van der Waals surface area contributed by atoms with Gasteiger partial charge in [-0.15, -0.1) is 0 Å². The second-order valence-corrected chi connectivity index (χ2v) is 44.3. The summed E-state index contributed by atoms with van der Waals surface area (Å²) < 4.78 is 0.342. The molecule has 0 aromatic heterocycles. The molecular weight excluding hydrogens is 603 g/mol. The van der Waals surface area contributed by atoms with Crippen molar-refractivity contribution in [1.29, 1.82) is 0 Å². The maximum absolute atomic E-state index is 8.72. The van der Waals surface area contributed by atoms with Crippen molar-refractivity contribution in [2.75, 3.05) is 0 Å². The molecule has 0 amide bonds. The van der Waals surface area contributed by atoms with Crippen LogP contribution < -0.4 is 0 Å². The Balaban J connectivity index is 2.12. The molecule has 4 heteroatoms. The molecule has 2 aliphatic carbocycles. The number of benzene rings is 2. The first-order valence-electron chi connectivity index (χ1n) is 16.9. The van der Waals surface area contributed by atoms with Crippen molar-refractivity contribution in [3.05, 3.63) is 79.9 Å². The molecule has 2 aromatic carbocycles. The Morgan fingerprint density at radius 1 is 0.619 bits per heavy atom. The summed E-state index contributed by atoms with van der Waals surface area (Å²) in [6, 6.07) is 10.0. The van der Waals surface area contributed by atoms with Crippen LogP contribution in [0, 0.1) is 0 Å². The van der Waals surface area contributed by atoms with Gasteiger partial charge in [0, 0.05) is 0 Å². The Bertz CT molecular complexity index is 1290. The van der Waals surface area contributed by atoms with Crippen LogP contribution in [0.3, 0.4) is 0 Å². The van der Waals surface area contributed by atoms with Crippen LogP contribution in [0.1, 0.15) is 172 Å². The van der Waals surface area contributed by atoms with Crippen LogP contribution in [-0.4, -0.2) is 6.66 Å². The molecule has 0 N–H and O–H groups in total. The van der Waals surface area contributed by atoms with Gasteiger partial charge in [0.05, 0.1) is 0 Å². The molecule has 0 radical (unpaired) electrons. The first kappa shape index (κ1) is 34.3. The van der Waals surface area contributed by atoms with E-state index in [-0.39, 0.29) is 8.45 Å². The predicted molar refractivity (Wildman–Crippen MR) is 191 cm³/mol. The third-order valence-corrected chi connectivity index (χ3v) is 45.7. The molecule has 0 saturated carbocycles. The van der Waals surface area contributed by atoms with E-state index in [1.54, 1.807) is 0 Å². The van der Waals surface area contributed by atoms with Crippen LogP contribution in [0.15, 0.2) is 35.4 Å². The van der Waals surface area contributed by atoms with Crippen molar-refractivity contribution in [1.82, 2.24) is 0 Å². The average molecular weight is 661 g/mol. The topological polar surface area (TPSA) is 0 Å². The summed E-state index contributed by atoms with van der Waals surface area (Å²) in [5.74, 6) is 1.85. The minimum atomic E-state index is -4.46. The zero-order valence-electron chi connectivity index (χ0n) is 28.6. The van der Waals surface area contributed by atoms with Crippen molar-refractivity contribution >= 4 is 37.4 Å². The van der Waals surface area contributed by atoms with Gasteiger partial charge in [0.2, 0.25) is 0 Å². The van der Waals surface area contributed by atoms with E-state index in [9.17, 15) is 0 Å². The molecule has 0 bridgehead atoms. The van der Waals surface area contributed by atoms with Crippen LogP contribution in [-0.2, 0) is 12.4 Å². The van der Waals surface area contributed by atoms with E-state index in [0.29, 0.717) is 23.7 Å². The Labute approximate surface area is 268 Å². The van der Waals surface area contributed by atoms with E-state index < -0.39 is 19.1 Å². The summed E-state index contributed by atoms with van der Waals surface area (Å²) in [7, 11) is 17.4. The fourth-order valence-electron chi connectivity index (χ4n) is 7.96. The van der Waals surface area contributed by atoms with Gasteiger partial charge in [0.15, 0.2) is 0 Å². The standard InChI is InChI=1S/2C18H25.C2H7Si.2ClH.Ti/c2*1-6-7-14-8-16-10-15(12(2)3)11-17(13(4)5)18(16)9-14;1-3-2;;;/h2*8-13H,6-7H2,1-5H3;3H,1-2H3;2*1H;/q;;;;;+2/p-2. The van der Waals surface area contributed by atoms with Crippen molar-refractivity contribution in [2.24, 2.45) is 0 Å². The van der Waals surface area contributed by atoms with Crippen LogP contribution in [0.4, 0.5) is 0 Å². The number of fused-ring (bicyclic) bond motifs is 2. The maximum atomic E-state index is 8.72. The molecule has 0 heterocycles. The van der Waals surface area contributed by atoms with E-state index in [0.717, 1.165) is 25.7 Å². The number of allylic oxidation sites excluding steroid dienone is 2. The SMILES string of the molecule is CCCC1=Cc2c(C(C)C)cc(C(C)C)cc2[CH]1[Ti]([Cl])([Cl])([CH]1C(CCC)=Cc2c(C(C)C)cc(C(C)C)cc21)[SiH](C)C. The van der Waals surface area contributed by atoms with E-state index in [1.165, 1.54) is 55.7 Å². The van der Waals surface area contributed by atoms with Gasteiger partial charge >= 0.3 is 270 Å². The molecule has 0 saturated heterocycles. The molecule has 4 rings (SSSR count). The van der Waals surface area contributed by atoms with Crippen molar-refractivity contribution in [2.45, 2.75) is 140 Å². The molecule has 231 valence electrons. The van der Waals surface area contributed by atoms with Crippen LogP contribution >= 0.6 is 18.6 Å². The summed E-state index contributed by atoms with van der Waals surface area (Å²) in [5, 5.41) is 0. The molecule has 0 aliphatic heterocycles. The number of hydrogen-bond donors (Lipinski definition) is 0. The molecule has 42 heavy (non-hydrogen) atoms. The van der Waals surface area contributed by atoms with Crippen molar-refractivity contribution in [3.8, 4) is 0 Å². The summed E-state index contributed by atoms with van der Waals surface area (Å²) in [4.78, 5) is 0. The second kappa shape index (κ2) is 12.7. The van der Waals surface area contributed by atoms with Crippen molar-refractivity contribution in [3.63, 3.8) is 0 Å². The Morgan fingerprint density at radius 3 is 1.24 bits per heavy atom. The Hall–Kier alpha value is -0.569. The van der Waals surface area contributed by atoms with Gasteiger partial charge in [-0.3, -0.25) is 0 Å². The zero-order chi connectivity index (χ0) is 31.3. The number of halogens is 2. The molecule has 0 nitrogen and oxygen atoms in total. The predicted octanol–water partition coefficient (Wildman–Crippen LogP) is 13.3. The fourth-order valence-corrected chi connectivity index (χ4v) is 29.1. The summed E-state index contributed by atoms with van der Waals surface area (Å²) in [6.45, 7) is 26.7. The summed E-state index contributed by atoms with van der Waals surface area (Å²) >= 11 is -4.46. The summed E-state index contributed by atoms with van der Waals surface area (Å²) in [6.07, 6.45) is 9.49. The molecule has 2 aromatic rings.